The van der Waals surface area contributed by atoms with Gasteiger partial charge in [-0.05, 0) is 44.4 Å². The second-order valence-electron chi connectivity index (χ2n) is 5.88. The lowest BCUT2D eigenvalue weighted by molar-refractivity contribution is -0.0404. The molecular formula is C16H26N2O. The van der Waals surface area contributed by atoms with Gasteiger partial charge in [0.25, 0.3) is 0 Å². The van der Waals surface area contributed by atoms with Crippen molar-refractivity contribution in [3.8, 4) is 0 Å². The molecule has 1 aliphatic rings. The Morgan fingerprint density at radius 1 is 1.32 bits per heavy atom. The number of hydrogen-bond donors (Lipinski definition) is 1. The Balaban J connectivity index is 2.09. The Kier molecular flexibility index (Phi) is 4.61. The first-order valence-corrected chi connectivity index (χ1v) is 7.13. The van der Waals surface area contributed by atoms with Crippen molar-refractivity contribution in [1.29, 1.82) is 0 Å². The maximum Gasteiger partial charge on any atom is 0.0850 e. The third kappa shape index (κ3) is 3.56. The molecule has 0 saturated carbocycles. The van der Waals surface area contributed by atoms with E-state index >= 15 is 0 Å². The predicted molar refractivity (Wildman–Crippen MR) is 79.3 cm³/mol. The maximum absolute atomic E-state index is 5.95. The van der Waals surface area contributed by atoms with E-state index in [1.165, 1.54) is 22.3 Å². The van der Waals surface area contributed by atoms with Gasteiger partial charge in [-0.2, -0.15) is 0 Å². The van der Waals surface area contributed by atoms with Crippen molar-refractivity contribution in [2.75, 3.05) is 19.7 Å². The van der Waals surface area contributed by atoms with Crippen LogP contribution in [0.15, 0.2) is 12.1 Å². The van der Waals surface area contributed by atoms with Crippen molar-refractivity contribution in [1.82, 2.24) is 4.90 Å². The minimum absolute atomic E-state index is 0.100. The van der Waals surface area contributed by atoms with Crippen molar-refractivity contribution in [3.63, 3.8) is 0 Å². The van der Waals surface area contributed by atoms with Crippen molar-refractivity contribution in [3.05, 3.63) is 34.4 Å². The minimum Gasteiger partial charge on any atom is -0.374 e. The van der Waals surface area contributed by atoms with E-state index in [9.17, 15) is 0 Å². The van der Waals surface area contributed by atoms with E-state index in [1.54, 1.807) is 0 Å². The van der Waals surface area contributed by atoms with Gasteiger partial charge < -0.3 is 10.5 Å². The molecule has 1 fully saturated rings. The molecule has 0 bridgehead atoms. The molecule has 0 aliphatic carbocycles. The summed E-state index contributed by atoms with van der Waals surface area (Å²) in [6, 6.07) is 4.64. The lowest BCUT2D eigenvalue weighted by Gasteiger charge is -2.35. The van der Waals surface area contributed by atoms with Crippen molar-refractivity contribution >= 4 is 0 Å². The van der Waals surface area contributed by atoms with Gasteiger partial charge >= 0.3 is 0 Å². The molecule has 1 aromatic carbocycles. The van der Waals surface area contributed by atoms with Gasteiger partial charge in [-0.15, -0.1) is 0 Å². The summed E-state index contributed by atoms with van der Waals surface area (Å²) >= 11 is 0. The fraction of sp³-hybridized carbons (Fsp3) is 0.625. The number of hydrogen-bond acceptors (Lipinski definition) is 3. The highest BCUT2D eigenvalue weighted by Crippen LogP contribution is 2.20. The Morgan fingerprint density at radius 3 is 2.53 bits per heavy atom. The van der Waals surface area contributed by atoms with E-state index in [0.29, 0.717) is 0 Å². The average Bonchev–Trinajstić information content (AvgIpc) is 2.34. The highest BCUT2D eigenvalue weighted by molar-refractivity contribution is 5.37. The van der Waals surface area contributed by atoms with Crippen LogP contribution in [0.3, 0.4) is 0 Å². The number of nitrogens with zero attached hydrogens (tertiary/aromatic N) is 1. The van der Waals surface area contributed by atoms with Gasteiger partial charge in [0.1, 0.15) is 0 Å². The first kappa shape index (κ1) is 14.5. The number of benzene rings is 1. The Hall–Kier alpha value is -0.900. The van der Waals surface area contributed by atoms with Gasteiger partial charge in [-0.3, -0.25) is 4.90 Å². The SMILES string of the molecule is Cc1cc(C)c(CN2CCOC(C(C)N)C2)c(C)c1. The largest absolute Gasteiger partial charge is 0.374 e. The molecule has 0 amide bonds. The summed E-state index contributed by atoms with van der Waals surface area (Å²) < 4.78 is 5.72. The van der Waals surface area contributed by atoms with E-state index in [2.05, 4.69) is 37.8 Å². The molecule has 0 aromatic heterocycles. The molecule has 2 unspecified atom stereocenters. The topological polar surface area (TPSA) is 38.5 Å². The lowest BCUT2D eigenvalue weighted by atomic mass is 9.99. The van der Waals surface area contributed by atoms with E-state index in [4.69, 9.17) is 10.5 Å². The number of aryl methyl sites for hydroxylation is 3. The van der Waals surface area contributed by atoms with Crippen LogP contribution in [0.25, 0.3) is 0 Å². The molecule has 1 heterocycles. The van der Waals surface area contributed by atoms with Crippen LogP contribution in [-0.2, 0) is 11.3 Å². The molecule has 19 heavy (non-hydrogen) atoms. The van der Waals surface area contributed by atoms with E-state index in [1.807, 2.05) is 6.92 Å². The highest BCUT2D eigenvalue weighted by Gasteiger charge is 2.23. The lowest BCUT2D eigenvalue weighted by Crippen LogP contribution is -2.49. The summed E-state index contributed by atoms with van der Waals surface area (Å²) in [5.41, 5.74) is 11.5. The molecule has 1 saturated heterocycles. The van der Waals surface area contributed by atoms with E-state index < -0.39 is 0 Å². The van der Waals surface area contributed by atoms with Gasteiger partial charge in [-0.1, -0.05) is 17.7 Å². The minimum atomic E-state index is 0.100. The zero-order valence-corrected chi connectivity index (χ0v) is 12.6. The molecule has 2 rings (SSSR count). The van der Waals surface area contributed by atoms with Crippen molar-refractivity contribution in [2.45, 2.75) is 46.4 Å². The fourth-order valence-corrected chi connectivity index (χ4v) is 2.88. The molecule has 3 nitrogen and oxygen atoms in total. The summed E-state index contributed by atoms with van der Waals surface area (Å²) in [7, 11) is 0. The molecule has 2 N–H and O–H groups in total. The van der Waals surface area contributed by atoms with Gasteiger partial charge in [0.15, 0.2) is 0 Å². The standard InChI is InChI=1S/C16H26N2O/c1-11-7-12(2)15(13(3)8-11)9-18-5-6-19-16(10-18)14(4)17/h7-8,14,16H,5-6,9-10,17H2,1-4H3. The highest BCUT2D eigenvalue weighted by atomic mass is 16.5. The molecule has 0 spiro atoms. The van der Waals surface area contributed by atoms with Crippen LogP contribution < -0.4 is 5.73 Å². The van der Waals surface area contributed by atoms with Crippen LogP contribution in [-0.4, -0.2) is 36.7 Å². The summed E-state index contributed by atoms with van der Waals surface area (Å²) in [4.78, 5) is 2.46. The molecule has 1 aromatic rings. The van der Waals surface area contributed by atoms with Gasteiger partial charge in [0, 0.05) is 25.7 Å². The van der Waals surface area contributed by atoms with Crippen LogP contribution in [0.1, 0.15) is 29.2 Å². The fourth-order valence-electron chi connectivity index (χ4n) is 2.88. The third-order valence-corrected chi connectivity index (χ3v) is 3.99. The van der Waals surface area contributed by atoms with Crippen molar-refractivity contribution < 1.29 is 4.74 Å². The zero-order valence-electron chi connectivity index (χ0n) is 12.6. The molecule has 2 atom stereocenters. The Labute approximate surface area is 116 Å². The summed E-state index contributed by atoms with van der Waals surface area (Å²) in [6.45, 7) is 12.3. The van der Waals surface area contributed by atoms with Crippen molar-refractivity contribution in [2.24, 2.45) is 5.73 Å². The van der Waals surface area contributed by atoms with Crippen LogP contribution in [0.5, 0.6) is 0 Å². The van der Waals surface area contributed by atoms with Gasteiger partial charge in [0.2, 0.25) is 0 Å². The van der Waals surface area contributed by atoms with Gasteiger partial charge in [-0.25, -0.2) is 0 Å². The average molecular weight is 262 g/mol. The monoisotopic (exact) mass is 262 g/mol. The quantitative estimate of drug-likeness (QED) is 0.907. The molecule has 106 valence electrons. The van der Waals surface area contributed by atoms with Crippen LogP contribution in [0, 0.1) is 20.8 Å². The summed E-state index contributed by atoms with van der Waals surface area (Å²) in [6.07, 6.45) is 0.166. The van der Waals surface area contributed by atoms with Crippen LogP contribution in [0.2, 0.25) is 0 Å². The zero-order chi connectivity index (χ0) is 14.0. The first-order chi connectivity index (χ1) is 8.97. The summed E-state index contributed by atoms with van der Waals surface area (Å²) in [5, 5.41) is 0. The molecule has 1 aliphatic heterocycles. The molecule has 0 radical (unpaired) electrons. The third-order valence-electron chi connectivity index (χ3n) is 3.99. The smallest absolute Gasteiger partial charge is 0.0850 e. The summed E-state index contributed by atoms with van der Waals surface area (Å²) in [5.74, 6) is 0. The second kappa shape index (κ2) is 6.04. The Bertz CT molecular complexity index is 419. The van der Waals surface area contributed by atoms with Crippen LogP contribution >= 0.6 is 0 Å². The second-order valence-corrected chi connectivity index (χ2v) is 5.88. The number of ether oxygens (including phenoxy) is 1. The number of rotatable bonds is 3. The Morgan fingerprint density at radius 2 is 1.95 bits per heavy atom. The molecular weight excluding hydrogens is 236 g/mol. The first-order valence-electron chi connectivity index (χ1n) is 7.13. The normalized spacial score (nSPS) is 22.5. The van der Waals surface area contributed by atoms with E-state index in [0.717, 1.165) is 26.2 Å². The van der Waals surface area contributed by atoms with Crippen LogP contribution in [0.4, 0.5) is 0 Å². The predicted octanol–water partition coefficient (Wildman–Crippen LogP) is 2.16. The number of nitrogens with two attached hydrogens (primary N) is 1. The maximum atomic E-state index is 5.95. The van der Waals surface area contributed by atoms with E-state index in [-0.39, 0.29) is 12.1 Å². The van der Waals surface area contributed by atoms with Gasteiger partial charge in [0.05, 0.1) is 12.7 Å². The number of morpholine rings is 1. The molecule has 3 heteroatoms.